The number of rotatable bonds is 4. The molecule has 1 aromatic carbocycles. The molecular formula is C15H23N. The van der Waals surface area contributed by atoms with Crippen LogP contribution in [-0.2, 0) is 0 Å². The first kappa shape index (κ1) is 11.7. The van der Waals surface area contributed by atoms with Gasteiger partial charge in [-0.25, -0.2) is 0 Å². The second-order valence-electron chi connectivity index (χ2n) is 5.19. The summed E-state index contributed by atoms with van der Waals surface area (Å²) in [6.07, 6.45) is 2.79. The van der Waals surface area contributed by atoms with Crippen molar-refractivity contribution in [2.45, 2.75) is 46.6 Å². The molecule has 1 unspecified atom stereocenters. The summed E-state index contributed by atoms with van der Waals surface area (Å²) in [6.45, 7) is 9.95. The summed E-state index contributed by atoms with van der Waals surface area (Å²) in [5.41, 5.74) is 5.84. The van der Waals surface area contributed by atoms with E-state index in [1.165, 1.54) is 29.5 Å². The third kappa shape index (κ3) is 2.30. The van der Waals surface area contributed by atoms with Crippen LogP contribution in [0, 0.1) is 26.7 Å². The van der Waals surface area contributed by atoms with Crippen LogP contribution >= 0.6 is 0 Å². The third-order valence-electron chi connectivity index (χ3n) is 3.57. The van der Waals surface area contributed by atoms with Crippen LogP contribution in [0.4, 0.5) is 0 Å². The molecule has 2 rings (SSSR count). The molecule has 16 heavy (non-hydrogen) atoms. The Kier molecular flexibility index (Phi) is 3.34. The molecule has 1 aromatic rings. The molecular weight excluding hydrogens is 194 g/mol. The molecule has 0 aliphatic heterocycles. The van der Waals surface area contributed by atoms with Crippen LogP contribution in [0.25, 0.3) is 0 Å². The molecule has 0 bridgehead atoms. The van der Waals surface area contributed by atoms with E-state index < -0.39 is 0 Å². The van der Waals surface area contributed by atoms with Gasteiger partial charge in [0.05, 0.1) is 0 Å². The minimum atomic E-state index is 0.589. The largest absolute Gasteiger partial charge is 0.310 e. The molecule has 1 atom stereocenters. The van der Waals surface area contributed by atoms with Crippen molar-refractivity contribution in [1.82, 2.24) is 5.32 Å². The second kappa shape index (κ2) is 4.58. The summed E-state index contributed by atoms with van der Waals surface area (Å²) in [5, 5.41) is 3.66. The van der Waals surface area contributed by atoms with Crippen molar-refractivity contribution >= 4 is 0 Å². The lowest BCUT2D eigenvalue weighted by molar-refractivity contribution is 0.492. The molecule has 0 heterocycles. The van der Waals surface area contributed by atoms with Gasteiger partial charge < -0.3 is 5.32 Å². The van der Waals surface area contributed by atoms with Crippen molar-refractivity contribution in [1.29, 1.82) is 0 Å². The van der Waals surface area contributed by atoms with Gasteiger partial charge in [-0.05, 0) is 62.8 Å². The van der Waals surface area contributed by atoms with Gasteiger partial charge in [0.25, 0.3) is 0 Å². The van der Waals surface area contributed by atoms with Crippen molar-refractivity contribution in [2.75, 3.05) is 6.54 Å². The van der Waals surface area contributed by atoms with Crippen molar-refractivity contribution < 1.29 is 0 Å². The Morgan fingerprint density at radius 2 is 1.75 bits per heavy atom. The predicted octanol–water partition coefficient (Wildman–Crippen LogP) is 3.67. The van der Waals surface area contributed by atoms with Crippen LogP contribution in [0.5, 0.6) is 0 Å². The summed E-state index contributed by atoms with van der Waals surface area (Å²) in [7, 11) is 0. The van der Waals surface area contributed by atoms with E-state index in [1.54, 1.807) is 5.56 Å². The van der Waals surface area contributed by atoms with Crippen LogP contribution in [-0.4, -0.2) is 6.54 Å². The Morgan fingerprint density at radius 1 is 1.19 bits per heavy atom. The minimum Gasteiger partial charge on any atom is -0.310 e. The summed E-state index contributed by atoms with van der Waals surface area (Å²) in [6, 6.07) is 5.22. The van der Waals surface area contributed by atoms with E-state index in [0.29, 0.717) is 6.04 Å². The normalized spacial score (nSPS) is 17.5. The lowest BCUT2D eigenvalue weighted by atomic mass is 9.91. The average molecular weight is 217 g/mol. The third-order valence-corrected chi connectivity index (χ3v) is 3.57. The van der Waals surface area contributed by atoms with Crippen molar-refractivity contribution in [3.63, 3.8) is 0 Å². The van der Waals surface area contributed by atoms with E-state index in [1.807, 2.05) is 0 Å². The van der Waals surface area contributed by atoms with E-state index in [-0.39, 0.29) is 0 Å². The molecule has 1 N–H and O–H groups in total. The Balaban J connectivity index is 2.36. The predicted molar refractivity (Wildman–Crippen MR) is 69.8 cm³/mol. The fourth-order valence-electron chi connectivity index (χ4n) is 2.84. The van der Waals surface area contributed by atoms with E-state index in [9.17, 15) is 0 Å². The first-order valence-electron chi connectivity index (χ1n) is 6.44. The molecule has 1 aliphatic rings. The van der Waals surface area contributed by atoms with Gasteiger partial charge in [-0.15, -0.1) is 0 Å². The Morgan fingerprint density at radius 3 is 2.19 bits per heavy atom. The SMILES string of the molecule is CCNC(c1c(C)cc(C)cc1C)C1CC1. The summed E-state index contributed by atoms with van der Waals surface area (Å²) >= 11 is 0. The van der Waals surface area contributed by atoms with Gasteiger partial charge in [0.15, 0.2) is 0 Å². The zero-order valence-electron chi connectivity index (χ0n) is 10.9. The van der Waals surface area contributed by atoms with E-state index >= 15 is 0 Å². The topological polar surface area (TPSA) is 12.0 Å². The minimum absolute atomic E-state index is 0.589. The molecule has 0 aromatic heterocycles. The van der Waals surface area contributed by atoms with Crippen LogP contribution in [0.1, 0.15) is 48.1 Å². The number of nitrogens with one attached hydrogen (secondary N) is 1. The quantitative estimate of drug-likeness (QED) is 0.811. The first-order chi connectivity index (χ1) is 7.63. The van der Waals surface area contributed by atoms with Crippen LogP contribution < -0.4 is 5.32 Å². The van der Waals surface area contributed by atoms with Gasteiger partial charge in [0.2, 0.25) is 0 Å². The standard InChI is InChI=1S/C15H23N/c1-5-16-15(13-6-7-13)14-11(3)8-10(2)9-12(14)4/h8-9,13,15-16H,5-7H2,1-4H3. The van der Waals surface area contributed by atoms with Crippen molar-refractivity contribution in [3.8, 4) is 0 Å². The zero-order chi connectivity index (χ0) is 11.7. The Labute approximate surface area is 99.3 Å². The molecule has 1 fully saturated rings. The molecule has 1 nitrogen and oxygen atoms in total. The highest BCUT2D eigenvalue weighted by molar-refractivity contribution is 5.40. The molecule has 0 spiro atoms. The smallest absolute Gasteiger partial charge is 0.0353 e. The van der Waals surface area contributed by atoms with Gasteiger partial charge >= 0.3 is 0 Å². The monoisotopic (exact) mass is 217 g/mol. The van der Waals surface area contributed by atoms with Crippen LogP contribution in [0.15, 0.2) is 12.1 Å². The highest BCUT2D eigenvalue weighted by Crippen LogP contribution is 2.42. The summed E-state index contributed by atoms with van der Waals surface area (Å²) in [5.74, 6) is 0.875. The van der Waals surface area contributed by atoms with Gasteiger partial charge in [-0.1, -0.05) is 24.6 Å². The molecule has 88 valence electrons. The lowest BCUT2D eigenvalue weighted by Crippen LogP contribution is -2.24. The van der Waals surface area contributed by atoms with E-state index in [2.05, 4.69) is 45.1 Å². The van der Waals surface area contributed by atoms with E-state index in [4.69, 9.17) is 0 Å². The second-order valence-corrected chi connectivity index (χ2v) is 5.19. The summed E-state index contributed by atoms with van der Waals surface area (Å²) in [4.78, 5) is 0. The number of benzene rings is 1. The maximum Gasteiger partial charge on any atom is 0.0353 e. The molecule has 0 radical (unpaired) electrons. The van der Waals surface area contributed by atoms with Crippen LogP contribution in [0.2, 0.25) is 0 Å². The highest BCUT2D eigenvalue weighted by atomic mass is 14.9. The van der Waals surface area contributed by atoms with E-state index in [0.717, 1.165) is 12.5 Å². The molecule has 1 saturated carbocycles. The van der Waals surface area contributed by atoms with Gasteiger partial charge in [0, 0.05) is 6.04 Å². The average Bonchev–Trinajstić information content (AvgIpc) is 2.97. The number of aryl methyl sites for hydroxylation is 3. The highest BCUT2D eigenvalue weighted by Gasteiger charge is 2.33. The Hall–Kier alpha value is -0.820. The van der Waals surface area contributed by atoms with Crippen LogP contribution in [0.3, 0.4) is 0 Å². The maximum absolute atomic E-state index is 3.66. The zero-order valence-corrected chi connectivity index (χ0v) is 10.9. The first-order valence-corrected chi connectivity index (χ1v) is 6.44. The van der Waals surface area contributed by atoms with Crippen molar-refractivity contribution in [2.24, 2.45) is 5.92 Å². The van der Waals surface area contributed by atoms with Gasteiger partial charge in [-0.3, -0.25) is 0 Å². The number of hydrogen-bond acceptors (Lipinski definition) is 1. The van der Waals surface area contributed by atoms with Gasteiger partial charge in [0.1, 0.15) is 0 Å². The molecule has 1 heteroatoms. The Bertz CT molecular complexity index is 354. The van der Waals surface area contributed by atoms with Gasteiger partial charge in [-0.2, -0.15) is 0 Å². The molecule has 1 aliphatic carbocycles. The fourth-order valence-corrected chi connectivity index (χ4v) is 2.84. The summed E-state index contributed by atoms with van der Waals surface area (Å²) < 4.78 is 0. The maximum atomic E-state index is 3.66. The molecule has 0 amide bonds. The van der Waals surface area contributed by atoms with Crippen molar-refractivity contribution in [3.05, 3.63) is 34.4 Å². The number of hydrogen-bond donors (Lipinski definition) is 1. The fraction of sp³-hybridized carbons (Fsp3) is 0.600. The lowest BCUT2D eigenvalue weighted by Gasteiger charge is -2.22. The molecule has 0 saturated heterocycles.